The topological polar surface area (TPSA) is 64.6 Å². The van der Waals surface area contributed by atoms with Crippen LogP contribution in [0, 0.1) is 0 Å². The lowest BCUT2D eigenvalue weighted by molar-refractivity contribution is -0.155. The molecule has 1 N–H and O–H groups in total. The summed E-state index contributed by atoms with van der Waals surface area (Å²) >= 11 is 6.04. The molecule has 1 amide bonds. The van der Waals surface area contributed by atoms with Crippen molar-refractivity contribution in [1.29, 1.82) is 0 Å². The van der Waals surface area contributed by atoms with Gasteiger partial charge in [-0.25, -0.2) is 4.79 Å². The summed E-state index contributed by atoms with van der Waals surface area (Å²) in [5.41, 5.74) is 0.994. The van der Waals surface area contributed by atoms with Crippen LogP contribution in [-0.2, 0) is 9.53 Å². The minimum absolute atomic E-state index is 0.149. The van der Waals surface area contributed by atoms with Crippen molar-refractivity contribution in [2.24, 2.45) is 0 Å². The fourth-order valence-electron chi connectivity index (χ4n) is 2.07. The van der Waals surface area contributed by atoms with Crippen LogP contribution in [0.5, 0.6) is 5.75 Å². The van der Waals surface area contributed by atoms with Crippen LogP contribution in [0.1, 0.15) is 37.6 Å². The molecule has 6 heteroatoms. The summed E-state index contributed by atoms with van der Waals surface area (Å²) in [6, 6.07) is 13.5. The predicted octanol–water partition coefficient (Wildman–Crippen LogP) is 4.70. The number of benzene rings is 2. The third kappa shape index (κ3) is 5.49. The lowest BCUT2D eigenvalue weighted by Crippen LogP contribution is -2.29. The molecule has 2 atom stereocenters. The lowest BCUT2D eigenvalue weighted by atomic mass is 10.2. The predicted molar refractivity (Wildman–Crippen MR) is 102 cm³/mol. The fourth-order valence-corrected chi connectivity index (χ4v) is 2.25. The lowest BCUT2D eigenvalue weighted by Gasteiger charge is -2.17. The maximum Gasteiger partial charge on any atom is 0.347 e. The Labute approximate surface area is 158 Å². The van der Waals surface area contributed by atoms with Gasteiger partial charge in [-0.2, -0.15) is 0 Å². The van der Waals surface area contributed by atoms with Crippen LogP contribution < -0.4 is 10.1 Å². The Balaban J connectivity index is 1.96. The van der Waals surface area contributed by atoms with Gasteiger partial charge in [0.1, 0.15) is 5.75 Å². The summed E-state index contributed by atoms with van der Waals surface area (Å²) in [7, 11) is 0. The monoisotopic (exact) mass is 375 g/mol. The van der Waals surface area contributed by atoms with Crippen molar-refractivity contribution in [3.63, 3.8) is 0 Å². The molecule has 0 aliphatic carbocycles. The molecular formula is C20H22ClNO4. The van der Waals surface area contributed by atoms with Gasteiger partial charge in [0.2, 0.25) is 0 Å². The number of esters is 1. The van der Waals surface area contributed by atoms with Crippen LogP contribution in [0.25, 0.3) is 0 Å². The largest absolute Gasteiger partial charge is 0.479 e. The average Bonchev–Trinajstić information content (AvgIpc) is 2.63. The number of nitrogens with one attached hydrogen (secondary N) is 1. The molecule has 0 bridgehead atoms. The van der Waals surface area contributed by atoms with E-state index < -0.39 is 12.1 Å². The number of ether oxygens (including phenoxy) is 2. The molecule has 0 spiro atoms. The van der Waals surface area contributed by atoms with E-state index in [2.05, 4.69) is 5.32 Å². The third-order valence-electron chi connectivity index (χ3n) is 3.78. The number of hydrogen-bond acceptors (Lipinski definition) is 4. The molecule has 2 aromatic carbocycles. The standard InChI is InChI=1S/C20H22ClNO4/c1-4-13(2)25-20(24)14(3)26-16-11-9-15(10-12-16)19(23)22-18-8-6-5-7-17(18)21/h5-14H,4H2,1-3H3,(H,22,23)/t13-,14-/m1/s1. The number of hydrogen-bond donors (Lipinski definition) is 1. The smallest absolute Gasteiger partial charge is 0.347 e. The van der Waals surface area contributed by atoms with Crippen LogP contribution in [0.4, 0.5) is 5.69 Å². The number of para-hydroxylation sites is 1. The molecule has 5 nitrogen and oxygen atoms in total. The Morgan fingerprint density at radius 1 is 1.08 bits per heavy atom. The van der Waals surface area contributed by atoms with Gasteiger partial charge >= 0.3 is 5.97 Å². The molecule has 0 aliphatic rings. The molecule has 2 aromatic rings. The van der Waals surface area contributed by atoms with Crippen molar-refractivity contribution in [2.75, 3.05) is 5.32 Å². The summed E-state index contributed by atoms with van der Waals surface area (Å²) in [4.78, 5) is 24.2. The second-order valence-corrected chi connectivity index (χ2v) is 6.28. The second kappa shape index (κ2) is 9.25. The van der Waals surface area contributed by atoms with E-state index in [0.717, 1.165) is 6.42 Å². The third-order valence-corrected chi connectivity index (χ3v) is 4.11. The highest BCUT2D eigenvalue weighted by Gasteiger charge is 2.18. The molecule has 0 saturated carbocycles. The summed E-state index contributed by atoms with van der Waals surface area (Å²) in [6.07, 6.45) is -0.135. The van der Waals surface area contributed by atoms with E-state index in [1.54, 1.807) is 55.5 Å². The maximum absolute atomic E-state index is 12.3. The first-order chi connectivity index (χ1) is 12.4. The summed E-state index contributed by atoms with van der Waals surface area (Å²) in [5, 5.41) is 3.21. The molecule has 0 heterocycles. The highest BCUT2D eigenvalue weighted by Crippen LogP contribution is 2.22. The van der Waals surface area contributed by atoms with Gasteiger partial charge in [0.05, 0.1) is 16.8 Å². The van der Waals surface area contributed by atoms with Crippen LogP contribution in [0.3, 0.4) is 0 Å². The number of amides is 1. The van der Waals surface area contributed by atoms with Gasteiger partial charge in [-0.3, -0.25) is 4.79 Å². The zero-order chi connectivity index (χ0) is 19.1. The number of carbonyl (C=O) groups excluding carboxylic acids is 2. The maximum atomic E-state index is 12.3. The molecule has 0 aromatic heterocycles. The Morgan fingerprint density at radius 3 is 2.35 bits per heavy atom. The van der Waals surface area contributed by atoms with Crippen molar-refractivity contribution < 1.29 is 19.1 Å². The zero-order valence-electron chi connectivity index (χ0n) is 15.0. The highest BCUT2D eigenvalue weighted by molar-refractivity contribution is 6.33. The van der Waals surface area contributed by atoms with E-state index >= 15 is 0 Å². The van der Waals surface area contributed by atoms with E-state index in [9.17, 15) is 9.59 Å². The molecular weight excluding hydrogens is 354 g/mol. The SMILES string of the molecule is CC[C@@H](C)OC(=O)[C@@H](C)Oc1ccc(C(=O)Nc2ccccc2Cl)cc1. The average molecular weight is 376 g/mol. The van der Waals surface area contributed by atoms with Gasteiger partial charge in [0.25, 0.3) is 5.91 Å². The molecule has 0 aliphatic heterocycles. The molecule has 0 saturated heterocycles. The molecule has 0 radical (unpaired) electrons. The Kier molecular flexibility index (Phi) is 7.04. The van der Waals surface area contributed by atoms with Gasteiger partial charge in [0.15, 0.2) is 6.10 Å². The van der Waals surface area contributed by atoms with Crippen molar-refractivity contribution in [3.05, 3.63) is 59.1 Å². The summed E-state index contributed by atoms with van der Waals surface area (Å²) in [6.45, 7) is 5.40. The first-order valence-corrected chi connectivity index (χ1v) is 8.81. The highest BCUT2D eigenvalue weighted by atomic mass is 35.5. The van der Waals surface area contributed by atoms with E-state index in [4.69, 9.17) is 21.1 Å². The molecule has 0 unspecified atom stereocenters. The fraction of sp³-hybridized carbons (Fsp3) is 0.300. The normalized spacial score (nSPS) is 12.8. The molecule has 26 heavy (non-hydrogen) atoms. The Morgan fingerprint density at radius 2 is 1.73 bits per heavy atom. The molecule has 138 valence electrons. The van der Waals surface area contributed by atoms with Gasteiger partial charge < -0.3 is 14.8 Å². The van der Waals surface area contributed by atoms with Crippen LogP contribution in [-0.4, -0.2) is 24.1 Å². The quantitative estimate of drug-likeness (QED) is 0.712. The summed E-state index contributed by atoms with van der Waals surface area (Å²) in [5.74, 6) is -0.221. The number of anilines is 1. The van der Waals surface area contributed by atoms with Crippen LogP contribution >= 0.6 is 11.6 Å². The minimum Gasteiger partial charge on any atom is -0.479 e. The van der Waals surface area contributed by atoms with Gasteiger partial charge in [0, 0.05) is 5.56 Å². The van der Waals surface area contributed by atoms with Gasteiger partial charge in [-0.05, 0) is 56.7 Å². The number of carbonyl (C=O) groups is 2. The van der Waals surface area contributed by atoms with E-state index in [1.807, 2.05) is 13.8 Å². The van der Waals surface area contributed by atoms with Gasteiger partial charge in [-0.1, -0.05) is 30.7 Å². The molecule has 2 rings (SSSR count). The number of rotatable bonds is 7. The molecule has 0 fully saturated rings. The second-order valence-electron chi connectivity index (χ2n) is 5.87. The van der Waals surface area contributed by atoms with Gasteiger partial charge in [-0.15, -0.1) is 0 Å². The van der Waals surface area contributed by atoms with Crippen molar-refractivity contribution in [1.82, 2.24) is 0 Å². The van der Waals surface area contributed by atoms with Crippen LogP contribution in [0.15, 0.2) is 48.5 Å². The van der Waals surface area contributed by atoms with Crippen LogP contribution in [0.2, 0.25) is 5.02 Å². The van der Waals surface area contributed by atoms with E-state index in [1.165, 1.54) is 0 Å². The van der Waals surface area contributed by atoms with Crippen molar-refractivity contribution >= 4 is 29.2 Å². The van der Waals surface area contributed by atoms with E-state index in [0.29, 0.717) is 22.0 Å². The Bertz CT molecular complexity index is 761. The van der Waals surface area contributed by atoms with Crippen molar-refractivity contribution in [2.45, 2.75) is 39.4 Å². The first kappa shape index (κ1) is 19.8. The zero-order valence-corrected chi connectivity index (χ0v) is 15.7. The minimum atomic E-state index is -0.730. The summed E-state index contributed by atoms with van der Waals surface area (Å²) < 4.78 is 10.8. The van der Waals surface area contributed by atoms with E-state index in [-0.39, 0.29) is 12.0 Å². The number of halogens is 1. The Hall–Kier alpha value is -2.53. The van der Waals surface area contributed by atoms with Crippen molar-refractivity contribution in [3.8, 4) is 5.75 Å². The first-order valence-electron chi connectivity index (χ1n) is 8.43.